The number of hydrogen-bond donors (Lipinski definition) is 1. The lowest BCUT2D eigenvalue weighted by molar-refractivity contribution is -0.154. The van der Waals surface area contributed by atoms with Gasteiger partial charge in [0.1, 0.15) is 0 Å². The number of aromatic nitrogens is 1. The smallest absolute Gasteiger partial charge is 0.422 e. The Balaban J connectivity index is 1.29. The summed E-state index contributed by atoms with van der Waals surface area (Å²) < 4.78 is 51.5. The molecule has 3 heterocycles. The Morgan fingerprint density at radius 1 is 1.21 bits per heavy atom. The summed E-state index contributed by atoms with van der Waals surface area (Å²) in [7, 11) is 0. The Bertz CT molecular complexity index is 1150. The first kappa shape index (κ1) is 23.4. The van der Waals surface area contributed by atoms with E-state index >= 15 is 0 Å². The van der Waals surface area contributed by atoms with Gasteiger partial charge < -0.3 is 19.5 Å². The van der Waals surface area contributed by atoms with Crippen molar-refractivity contribution >= 4 is 34.9 Å². The SMILES string of the molecule is O=C(NCCN1C(=O)S/C(=C\c2ccc3c(c2)OCO3)C1=O)c1ccc(OCC(F)(F)F)nc1. The van der Waals surface area contributed by atoms with Gasteiger partial charge >= 0.3 is 6.18 Å². The summed E-state index contributed by atoms with van der Waals surface area (Å²) in [6.07, 6.45) is -1.87. The molecular formula is C21H16F3N3O6S. The molecule has 0 unspecified atom stereocenters. The fourth-order valence-electron chi connectivity index (χ4n) is 2.99. The Morgan fingerprint density at radius 3 is 2.74 bits per heavy atom. The van der Waals surface area contributed by atoms with E-state index < -0.39 is 29.8 Å². The molecule has 178 valence electrons. The number of ether oxygens (including phenoxy) is 3. The number of alkyl halides is 3. The van der Waals surface area contributed by atoms with Crippen LogP contribution >= 0.6 is 11.8 Å². The monoisotopic (exact) mass is 495 g/mol. The number of pyridine rings is 1. The Morgan fingerprint density at radius 2 is 2.00 bits per heavy atom. The molecule has 0 spiro atoms. The van der Waals surface area contributed by atoms with Gasteiger partial charge in [-0.2, -0.15) is 13.2 Å². The van der Waals surface area contributed by atoms with Crippen molar-refractivity contribution in [3.63, 3.8) is 0 Å². The number of imide groups is 1. The number of halogens is 3. The lowest BCUT2D eigenvalue weighted by Gasteiger charge is -2.13. The standard InChI is InChI=1S/C21H16F3N3O6S/c22-21(23,24)10-31-17-4-2-13(9-26-17)18(28)25-5-6-27-19(29)16(34-20(27)30)8-12-1-3-14-15(7-12)33-11-32-14/h1-4,7-9H,5-6,10-11H2,(H,25,28)/b16-8-. The van der Waals surface area contributed by atoms with Gasteiger partial charge in [0.15, 0.2) is 18.1 Å². The summed E-state index contributed by atoms with van der Waals surface area (Å²) in [4.78, 5) is 42.0. The maximum atomic E-state index is 12.6. The first-order valence-electron chi connectivity index (χ1n) is 9.78. The first-order valence-corrected chi connectivity index (χ1v) is 10.6. The first-order chi connectivity index (χ1) is 16.2. The van der Waals surface area contributed by atoms with Crippen molar-refractivity contribution < 1.29 is 41.8 Å². The zero-order valence-electron chi connectivity index (χ0n) is 17.3. The lowest BCUT2D eigenvalue weighted by Crippen LogP contribution is -2.37. The molecule has 1 fully saturated rings. The van der Waals surface area contributed by atoms with Gasteiger partial charge in [0.2, 0.25) is 12.7 Å². The number of rotatable bonds is 7. The van der Waals surface area contributed by atoms with Crippen LogP contribution in [0, 0.1) is 0 Å². The summed E-state index contributed by atoms with van der Waals surface area (Å²) >= 11 is 0.783. The molecule has 1 aromatic carbocycles. The highest BCUT2D eigenvalue weighted by atomic mass is 32.2. The van der Waals surface area contributed by atoms with Crippen LogP contribution in [-0.2, 0) is 4.79 Å². The molecule has 1 N–H and O–H groups in total. The van der Waals surface area contributed by atoms with Crippen molar-refractivity contribution in [3.05, 3.63) is 52.6 Å². The van der Waals surface area contributed by atoms with Gasteiger partial charge in [-0.05, 0) is 41.6 Å². The van der Waals surface area contributed by atoms with Crippen LogP contribution in [0.3, 0.4) is 0 Å². The van der Waals surface area contributed by atoms with Crippen molar-refractivity contribution in [3.8, 4) is 17.4 Å². The van der Waals surface area contributed by atoms with Crippen molar-refractivity contribution in [2.75, 3.05) is 26.5 Å². The predicted octanol–water partition coefficient (Wildman–Crippen LogP) is 3.22. The van der Waals surface area contributed by atoms with Crippen molar-refractivity contribution in [1.29, 1.82) is 0 Å². The van der Waals surface area contributed by atoms with E-state index in [0.29, 0.717) is 17.1 Å². The van der Waals surface area contributed by atoms with E-state index in [1.54, 1.807) is 24.3 Å². The fourth-order valence-corrected chi connectivity index (χ4v) is 3.85. The van der Waals surface area contributed by atoms with E-state index in [2.05, 4.69) is 15.0 Å². The Kier molecular flexibility index (Phi) is 6.63. The molecule has 4 rings (SSSR count). The average molecular weight is 495 g/mol. The van der Waals surface area contributed by atoms with Crippen LogP contribution in [0.2, 0.25) is 0 Å². The quantitative estimate of drug-likeness (QED) is 0.584. The molecule has 0 saturated carbocycles. The summed E-state index contributed by atoms with van der Waals surface area (Å²) in [5.41, 5.74) is 0.745. The van der Waals surface area contributed by atoms with Gasteiger partial charge in [0, 0.05) is 25.4 Å². The average Bonchev–Trinajstić information content (AvgIpc) is 3.36. The van der Waals surface area contributed by atoms with E-state index in [1.807, 2.05) is 0 Å². The van der Waals surface area contributed by atoms with Crippen molar-refractivity contribution in [2.24, 2.45) is 0 Å². The molecule has 2 aliphatic heterocycles. The van der Waals surface area contributed by atoms with E-state index in [9.17, 15) is 27.6 Å². The van der Waals surface area contributed by atoms with Crippen molar-refractivity contribution in [2.45, 2.75) is 6.18 Å². The number of nitrogens with one attached hydrogen (secondary N) is 1. The molecule has 2 aliphatic rings. The predicted molar refractivity (Wildman–Crippen MR) is 113 cm³/mol. The van der Waals surface area contributed by atoms with E-state index in [0.717, 1.165) is 28.9 Å². The zero-order valence-corrected chi connectivity index (χ0v) is 18.1. The van der Waals surface area contributed by atoms with Gasteiger partial charge in [-0.3, -0.25) is 19.3 Å². The van der Waals surface area contributed by atoms with Crippen LogP contribution in [0.5, 0.6) is 17.4 Å². The molecular weight excluding hydrogens is 479 g/mol. The second-order valence-corrected chi connectivity index (χ2v) is 7.98. The van der Waals surface area contributed by atoms with E-state index in [1.165, 1.54) is 6.07 Å². The minimum Gasteiger partial charge on any atom is -0.468 e. The molecule has 0 radical (unpaired) electrons. The fraction of sp³-hybridized carbons (Fsp3) is 0.238. The van der Waals surface area contributed by atoms with Crippen LogP contribution in [0.1, 0.15) is 15.9 Å². The van der Waals surface area contributed by atoms with E-state index in [-0.39, 0.29) is 36.2 Å². The van der Waals surface area contributed by atoms with Gasteiger partial charge in [0.25, 0.3) is 17.1 Å². The lowest BCUT2D eigenvalue weighted by atomic mass is 10.2. The Labute approximate surface area is 194 Å². The minimum absolute atomic E-state index is 0.0273. The third-order valence-corrected chi connectivity index (χ3v) is 5.48. The maximum Gasteiger partial charge on any atom is 0.422 e. The molecule has 0 aliphatic carbocycles. The summed E-state index contributed by atoms with van der Waals surface area (Å²) in [5, 5.41) is 2.06. The maximum absolute atomic E-state index is 12.6. The highest BCUT2D eigenvalue weighted by Gasteiger charge is 2.35. The number of nitrogens with zero attached hydrogens (tertiary/aromatic N) is 2. The minimum atomic E-state index is -4.50. The van der Waals surface area contributed by atoms with Crippen LogP contribution in [-0.4, -0.2) is 59.6 Å². The number of carbonyl (C=O) groups excluding carboxylic acids is 3. The molecule has 34 heavy (non-hydrogen) atoms. The third-order valence-electron chi connectivity index (χ3n) is 4.57. The molecule has 0 atom stereocenters. The van der Waals surface area contributed by atoms with Gasteiger partial charge in [-0.1, -0.05) is 6.07 Å². The number of fused-ring (bicyclic) bond motifs is 1. The largest absolute Gasteiger partial charge is 0.468 e. The summed E-state index contributed by atoms with van der Waals surface area (Å²) in [6, 6.07) is 7.53. The van der Waals surface area contributed by atoms with Gasteiger partial charge in [0.05, 0.1) is 10.5 Å². The highest BCUT2D eigenvalue weighted by molar-refractivity contribution is 8.18. The van der Waals surface area contributed by atoms with Crippen LogP contribution in [0.15, 0.2) is 41.4 Å². The van der Waals surface area contributed by atoms with Crippen LogP contribution in [0.25, 0.3) is 6.08 Å². The number of amides is 3. The van der Waals surface area contributed by atoms with E-state index in [4.69, 9.17) is 9.47 Å². The van der Waals surface area contributed by atoms with Gasteiger partial charge in [-0.15, -0.1) is 0 Å². The molecule has 9 nitrogen and oxygen atoms in total. The van der Waals surface area contributed by atoms with Gasteiger partial charge in [-0.25, -0.2) is 4.98 Å². The van der Waals surface area contributed by atoms with Crippen molar-refractivity contribution in [1.82, 2.24) is 15.2 Å². The molecule has 1 aromatic heterocycles. The number of thioether (sulfide) groups is 1. The molecule has 0 bridgehead atoms. The molecule has 1 saturated heterocycles. The highest BCUT2D eigenvalue weighted by Crippen LogP contribution is 2.36. The van der Waals surface area contributed by atoms with Crippen LogP contribution < -0.4 is 19.5 Å². The van der Waals surface area contributed by atoms with Crippen LogP contribution in [0.4, 0.5) is 18.0 Å². The topological polar surface area (TPSA) is 107 Å². The Hall–Kier alpha value is -3.74. The number of hydrogen-bond acceptors (Lipinski definition) is 8. The molecule has 3 amide bonds. The zero-order chi connectivity index (χ0) is 24.3. The molecule has 2 aromatic rings. The normalized spacial score (nSPS) is 16.3. The second-order valence-electron chi connectivity index (χ2n) is 6.99. The third kappa shape index (κ3) is 5.60. The molecule has 13 heteroatoms. The summed E-state index contributed by atoms with van der Waals surface area (Å²) in [5.74, 6) is -0.196. The number of benzene rings is 1. The number of carbonyl (C=O) groups is 3. The summed E-state index contributed by atoms with van der Waals surface area (Å²) in [6.45, 7) is -1.46. The second kappa shape index (κ2) is 9.63.